The average Bonchev–Trinajstić information content (AvgIpc) is 3.57. The topological polar surface area (TPSA) is 9.86 Å². The molecule has 9 aromatic rings. The van der Waals surface area contributed by atoms with Crippen LogP contribution in [0, 0.1) is 0 Å². The van der Waals surface area contributed by atoms with Crippen LogP contribution < -0.4 is 0 Å². The quantitative estimate of drug-likeness (QED) is 0.213. The van der Waals surface area contributed by atoms with E-state index in [0.29, 0.717) is 0 Å². The Labute approximate surface area is 243 Å². The molecule has 0 unspecified atom stereocenters. The zero-order valence-corrected chi connectivity index (χ0v) is 22.9. The minimum absolute atomic E-state index is 1.17. The van der Waals surface area contributed by atoms with Crippen LogP contribution in [0.2, 0.25) is 0 Å². The summed E-state index contributed by atoms with van der Waals surface area (Å²) in [4.78, 5) is 0. The van der Waals surface area contributed by atoms with Gasteiger partial charge >= 0.3 is 0 Å². The van der Waals surface area contributed by atoms with Crippen LogP contribution in [0.4, 0.5) is 0 Å². The molecule has 0 radical (unpaired) electrons. The average molecular weight is 535 g/mol. The summed E-state index contributed by atoms with van der Waals surface area (Å²) in [6, 6.07) is 57.2. The van der Waals surface area contributed by atoms with E-state index in [0.717, 1.165) is 0 Å². The summed E-state index contributed by atoms with van der Waals surface area (Å²) < 4.78 is 4.84. The van der Waals surface area contributed by atoms with Crippen molar-refractivity contribution in [2.45, 2.75) is 0 Å². The smallest absolute Gasteiger partial charge is 0.0547 e. The molecule has 196 valence electrons. The van der Waals surface area contributed by atoms with Crippen LogP contribution in [0.5, 0.6) is 0 Å². The highest BCUT2D eigenvalue weighted by atomic mass is 15.0. The molecule has 42 heavy (non-hydrogen) atoms. The van der Waals surface area contributed by atoms with Crippen LogP contribution in [0.1, 0.15) is 0 Å². The van der Waals surface area contributed by atoms with Crippen LogP contribution in [0.15, 0.2) is 158 Å². The Bertz CT molecular complexity index is 2450. The van der Waals surface area contributed by atoms with Gasteiger partial charge in [-0.25, -0.2) is 0 Å². The van der Waals surface area contributed by atoms with Crippen LogP contribution in [-0.2, 0) is 0 Å². The van der Waals surface area contributed by atoms with Gasteiger partial charge in [-0.15, -0.1) is 0 Å². The van der Waals surface area contributed by atoms with E-state index >= 15 is 0 Å². The van der Waals surface area contributed by atoms with Gasteiger partial charge in [-0.2, -0.15) is 0 Å². The first kappa shape index (κ1) is 23.1. The first-order valence-electron chi connectivity index (χ1n) is 14.5. The molecule has 2 heteroatoms. The lowest BCUT2D eigenvalue weighted by Crippen LogP contribution is -1.95. The number of hydrogen-bond donors (Lipinski definition) is 0. The summed E-state index contributed by atoms with van der Waals surface area (Å²) in [5, 5.41) is 7.58. The Balaban J connectivity index is 1.38. The summed E-state index contributed by atoms with van der Waals surface area (Å²) in [5.41, 5.74) is 9.71. The van der Waals surface area contributed by atoms with Crippen LogP contribution >= 0.6 is 0 Å². The Morgan fingerprint density at radius 3 is 1.83 bits per heavy atom. The standard InChI is InChI=1S/C40H26N2/c1-2-14-29(15-3-1)41-37-21-9-7-18-34(37)40-31(19-11-23-38(40)41)28-24-25-33-32-17-6-8-20-36(32)42(39(33)26-28)35-22-10-13-27-12-4-5-16-30(27)35/h1-26H. The zero-order chi connectivity index (χ0) is 27.6. The van der Waals surface area contributed by atoms with E-state index in [4.69, 9.17) is 0 Å². The van der Waals surface area contributed by atoms with Crippen molar-refractivity contribution in [3.63, 3.8) is 0 Å². The zero-order valence-electron chi connectivity index (χ0n) is 22.9. The molecule has 0 spiro atoms. The van der Waals surface area contributed by atoms with Crippen molar-refractivity contribution in [1.29, 1.82) is 0 Å². The van der Waals surface area contributed by atoms with Gasteiger partial charge < -0.3 is 9.13 Å². The van der Waals surface area contributed by atoms with E-state index in [1.807, 2.05) is 0 Å². The molecule has 0 fully saturated rings. The number of fused-ring (bicyclic) bond motifs is 7. The minimum Gasteiger partial charge on any atom is -0.309 e. The first-order valence-corrected chi connectivity index (χ1v) is 14.5. The minimum atomic E-state index is 1.17. The van der Waals surface area contributed by atoms with Crippen molar-refractivity contribution < 1.29 is 0 Å². The number of rotatable bonds is 3. The lowest BCUT2D eigenvalue weighted by molar-refractivity contribution is 1.18. The van der Waals surface area contributed by atoms with Gasteiger partial charge in [0.2, 0.25) is 0 Å². The Kier molecular flexibility index (Phi) is 4.93. The molecule has 0 atom stereocenters. The van der Waals surface area contributed by atoms with Crippen molar-refractivity contribution in [2.24, 2.45) is 0 Å². The van der Waals surface area contributed by atoms with Gasteiger partial charge in [0.15, 0.2) is 0 Å². The van der Waals surface area contributed by atoms with Crippen molar-refractivity contribution in [1.82, 2.24) is 9.13 Å². The molecule has 0 aliphatic heterocycles. The third-order valence-corrected chi connectivity index (χ3v) is 8.70. The molecule has 0 saturated heterocycles. The molecule has 0 bridgehead atoms. The predicted octanol–water partition coefficient (Wildman–Crippen LogP) is 10.7. The number of hydrogen-bond acceptors (Lipinski definition) is 0. The normalized spacial score (nSPS) is 11.8. The fourth-order valence-corrected chi connectivity index (χ4v) is 6.92. The van der Waals surface area contributed by atoms with E-state index < -0.39 is 0 Å². The highest BCUT2D eigenvalue weighted by Crippen LogP contribution is 2.41. The van der Waals surface area contributed by atoms with Crippen LogP contribution in [-0.4, -0.2) is 9.13 Å². The largest absolute Gasteiger partial charge is 0.309 e. The Morgan fingerprint density at radius 1 is 0.357 bits per heavy atom. The lowest BCUT2D eigenvalue weighted by atomic mass is 9.98. The van der Waals surface area contributed by atoms with Crippen molar-refractivity contribution in [3.05, 3.63) is 158 Å². The summed E-state index contributed by atoms with van der Waals surface area (Å²) in [5.74, 6) is 0. The second-order valence-electron chi connectivity index (χ2n) is 11.0. The molecule has 0 amide bonds. The van der Waals surface area contributed by atoms with E-state index in [1.165, 1.54) is 76.9 Å². The molecular formula is C40H26N2. The van der Waals surface area contributed by atoms with Crippen molar-refractivity contribution >= 4 is 54.4 Å². The third kappa shape index (κ3) is 3.27. The van der Waals surface area contributed by atoms with E-state index in [9.17, 15) is 0 Å². The van der Waals surface area contributed by atoms with Crippen molar-refractivity contribution in [3.8, 4) is 22.5 Å². The summed E-state index contributed by atoms with van der Waals surface area (Å²) in [6.07, 6.45) is 0. The maximum atomic E-state index is 2.45. The Morgan fingerprint density at radius 2 is 0.976 bits per heavy atom. The maximum absolute atomic E-state index is 2.45. The molecular weight excluding hydrogens is 508 g/mol. The number of aromatic nitrogens is 2. The van der Waals surface area contributed by atoms with Gasteiger partial charge in [0, 0.05) is 32.6 Å². The Hall–Kier alpha value is -5.60. The van der Waals surface area contributed by atoms with E-state index in [-0.39, 0.29) is 0 Å². The van der Waals surface area contributed by atoms with Gasteiger partial charge in [-0.1, -0.05) is 115 Å². The fraction of sp³-hybridized carbons (Fsp3) is 0. The number of para-hydroxylation sites is 3. The molecule has 0 N–H and O–H groups in total. The molecule has 2 heterocycles. The monoisotopic (exact) mass is 534 g/mol. The summed E-state index contributed by atoms with van der Waals surface area (Å²) in [6.45, 7) is 0. The second-order valence-corrected chi connectivity index (χ2v) is 11.0. The van der Waals surface area contributed by atoms with E-state index in [2.05, 4.69) is 167 Å². The van der Waals surface area contributed by atoms with Gasteiger partial charge in [0.25, 0.3) is 0 Å². The molecule has 0 aliphatic carbocycles. The summed E-state index contributed by atoms with van der Waals surface area (Å²) in [7, 11) is 0. The number of nitrogens with zero attached hydrogens (tertiary/aromatic N) is 2. The molecule has 0 aliphatic rings. The summed E-state index contributed by atoms with van der Waals surface area (Å²) >= 11 is 0. The fourth-order valence-electron chi connectivity index (χ4n) is 6.92. The highest BCUT2D eigenvalue weighted by Gasteiger charge is 2.18. The predicted molar refractivity (Wildman–Crippen MR) is 178 cm³/mol. The SMILES string of the molecule is c1ccc(-n2c3ccccc3c3c(-c4ccc5c6ccccc6n(-c6cccc7ccccc67)c5c4)cccc32)cc1. The van der Waals surface area contributed by atoms with Gasteiger partial charge in [0.1, 0.15) is 0 Å². The van der Waals surface area contributed by atoms with Gasteiger partial charge in [-0.3, -0.25) is 0 Å². The maximum Gasteiger partial charge on any atom is 0.0547 e. The molecule has 9 rings (SSSR count). The van der Waals surface area contributed by atoms with E-state index in [1.54, 1.807) is 0 Å². The molecule has 0 saturated carbocycles. The molecule has 7 aromatic carbocycles. The third-order valence-electron chi connectivity index (χ3n) is 8.70. The molecule has 2 nitrogen and oxygen atoms in total. The van der Waals surface area contributed by atoms with Gasteiger partial charge in [-0.05, 0) is 59.0 Å². The lowest BCUT2D eigenvalue weighted by Gasteiger charge is -2.13. The van der Waals surface area contributed by atoms with Crippen molar-refractivity contribution in [2.75, 3.05) is 0 Å². The first-order chi connectivity index (χ1) is 20.9. The highest BCUT2D eigenvalue weighted by molar-refractivity contribution is 6.17. The van der Waals surface area contributed by atoms with Crippen LogP contribution in [0.25, 0.3) is 76.9 Å². The number of benzene rings is 7. The van der Waals surface area contributed by atoms with Crippen LogP contribution in [0.3, 0.4) is 0 Å². The van der Waals surface area contributed by atoms with Gasteiger partial charge in [0.05, 0.1) is 27.8 Å². The second kappa shape index (κ2) is 8.95. The molecule has 2 aromatic heterocycles.